The Morgan fingerprint density at radius 3 is 2.26 bits per heavy atom. The molecule has 0 heterocycles. The van der Waals surface area contributed by atoms with Crippen LogP contribution in [0.25, 0.3) is 0 Å². The van der Waals surface area contributed by atoms with Gasteiger partial charge in [-0.25, -0.2) is 0 Å². The summed E-state index contributed by atoms with van der Waals surface area (Å²) in [6.45, 7) is 2.07. The maximum Gasteiger partial charge on any atom is 0.163 e. The molecule has 2 heteroatoms. The van der Waals surface area contributed by atoms with Crippen molar-refractivity contribution in [1.82, 2.24) is 0 Å². The molecule has 2 aromatic carbocycles. The van der Waals surface area contributed by atoms with Gasteiger partial charge in [0, 0.05) is 12.0 Å². The molecule has 0 bridgehead atoms. The zero-order valence-electron chi connectivity index (χ0n) is 11.3. The van der Waals surface area contributed by atoms with Gasteiger partial charge < -0.3 is 4.74 Å². The van der Waals surface area contributed by atoms with Gasteiger partial charge in [0.15, 0.2) is 5.78 Å². The Morgan fingerprint density at radius 2 is 1.68 bits per heavy atom. The van der Waals surface area contributed by atoms with Crippen molar-refractivity contribution in [3.8, 4) is 5.75 Å². The number of hydrogen-bond acceptors (Lipinski definition) is 2. The number of ketones is 1. The summed E-state index contributed by atoms with van der Waals surface area (Å²) in [6, 6.07) is 17.3. The fourth-order valence-electron chi connectivity index (χ4n) is 2.07. The van der Waals surface area contributed by atoms with Crippen LogP contribution in [0, 0.1) is 0 Å². The minimum absolute atomic E-state index is 0.184. The first-order valence-electron chi connectivity index (χ1n) is 6.43. The van der Waals surface area contributed by atoms with Crippen molar-refractivity contribution >= 4 is 5.78 Å². The first-order valence-corrected chi connectivity index (χ1v) is 6.43. The zero-order chi connectivity index (χ0) is 13.7. The van der Waals surface area contributed by atoms with Crippen LogP contribution in [0.4, 0.5) is 0 Å². The summed E-state index contributed by atoms with van der Waals surface area (Å²) in [5, 5.41) is 0. The highest BCUT2D eigenvalue weighted by molar-refractivity contribution is 5.96. The van der Waals surface area contributed by atoms with Gasteiger partial charge in [0.25, 0.3) is 0 Å². The highest BCUT2D eigenvalue weighted by Crippen LogP contribution is 2.23. The second-order valence-corrected chi connectivity index (χ2v) is 4.67. The molecule has 0 aliphatic rings. The summed E-state index contributed by atoms with van der Waals surface area (Å²) in [5.74, 6) is 1.23. The Morgan fingerprint density at radius 1 is 1.05 bits per heavy atom. The van der Waals surface area contributed by atoms with E-state index in [1.807, 2.05) is 54.6 Å². The van der Waals surface area contributed by atoms with Crippen LogP contribution < -0.4 is 4.74 Å². The van der Waals surface area contributed by atoms with Crippen LogP contribution in [0.15, 0.2) is 54.6 Å². The van der Waals surface area contributed by atoms with E-state index in [4.69, 9.17) is 4.74 Å². The van der Waals surface area contributed by atoms with Gasteiger partial charge in [0.1, 0.15) is 5.75 Å². The van der Waals surface area contributed by atoms with E-state index in [-0.39, 0.29) is 11.7 Å². The molecule has 0 saturated carbocycles. The monoisotopic (exact) mass is 254 g/mol. The number of methoxy groups -OCH3 is 1. The molecule has 1 unspecified atom stereocenters. The Bertz CT molecular complexity index is 529. The van der Waals surface area contributed by atoms with Gasteiger partial charge in [-0.1, -0.05) is 49.4 Å². The summed E-state index contributed by atoms with van der Waals surface area (Å²) in [4.78, 5) is 12.1. The third-order valence-electron chi connectivity index (χ3n) is 3.27. The van der Waals surface area contributed by atoms with Gasteiger partial charge >= 0.3 is 0 Å². The van der Waals surface area contributed by atoms with Gasteiger partial charge in [0.2, 0.25) is 0 Å². The van der Waals surface area contributed by atoms with Gasteiger partial charge in [-0.15, -0.1) is 0 Å². The van der Waals surface area contributed by atoms with E-state index in [1.165, 1.54) is 0 Å². The molecule has 0 saturated heterocycles. The normalized spacial score (nSPS) is 11.9. The van der Waals surface area contributed by atoms with Crippen molar-refractivity contribution in [1.29, 1.82) is 0 Å². The summed E-state index contributed by atoms with van der Waals surface area (Å²) in [6.07, 6.45) is 0.524. The van der Waals surface area contributed by atoms with E-state index in [9.17, 15) is 4.79 Å². The Hall–Kier alpha value is -2.09. The van der Waals surface area contributed by atoms with Crippen molar-refractivity contribution in [3.05, 3.63) is 65.7 Å². The number of ether oxygens (including phenoxy) is 1. The lowest BCUT2D eigenvalue weighted by molar-refractivity contribution is 0.0975. The van der Waals surface area contributed by atoms with Gasteiger partial charge in [-0.05, 0) is 23.6 Å². The molecule has 0 amide bonds. The second-order valence-electron chi connectivity index (χ2n) is 4.67. The topological polar surface area (TPSA) is 26.3 Å². The van der Waals surface area contributed by atoms with E-state index in [1.54, 1.807) is 7.11 Å². The van der Waals surface area contributed by atoms with Crippen LogP contribution in [-0.2, 0) is 0 Å². The van der Waals surface area contributed by atoms with Crippen LogP contribution in [0.2, 0.25) is 0 Å². The van der Waals surface area contributed by atoms with Gasteiger partial charge in [-0.2, -0.15) is 0 Å². The fourth-order valence-corrected chi connectivity index (χ4v) is 2.07. The summed E-state index contributed by atoms with van der Waals surface area (Å²) >= 11 is 0. The second kappa shape index (κ2) is 6.19. The van der Waals surface area contributed by atoms with Crippen LogP contribution in [-0.4, -0.2) is 12.9 Å². The molecule has 0 fully saturated rings. The number of Topliss-reactive ketones (excluding diaryl/α,β-unsaturated/α-hetero) is 1. The zero-order valence-corrected chi connectivity index (χ0v) is 11.3. The minimum atomic E-state index is 0.184. The first kappa shape index (κ1) is 13.3. The minimum Gasteiger partial charge on any atom is -0.497 e. The predicted octanol–water partition coefficient (Wildman–Crippen LogP) is 4.07. The molecule has 2 nitrogen and oxygen atoms in total. The summed E-state index contributed by atoms with van der Waals surface area (Å²) in [5.41, 5.74) is 1.94. The average molecular weight is 254 g/mol. The third kappa shape index (κ3) is 3.44. The number of carbonyl (C=O) groups is 1. The third-order valence-corrected chi connectivity index (χ3v) is 3.27. The molecule has 0 aliphatic heterocycles. The highest BCUT2D eigenvalue weighted by atomic mass is 16.5. The molecule has 0 aromatic heterocycles. The number of benzene rings is 2. The number of rotatable bonds is 5. The van der Waals surface area contributed by atoms with Crippen LogP contribution >= 0.6 is 0 Å². The smallest absolute Gasteiger partial charge is 0.163 e. The van der Waals surface area contributed by atoms with E-state index in [0.29, 0.717) is 6.42 Å². The standard InChI is InChI=1S/C17H18O2/c1-13(14-8-10-16(19-2)11-9-14)12-17(18)15-6-4-3-5-7-15/h3-11,13H,12H2,1-2H3. The molecule has 2 rings (SSSR count). The predicted molar refractivity (Wildman–Crippen MR) is 76.8 cm³/mol. The largest absolute Gasteiger partial charge is 0.497 e. The average Bonchev–Trinajstić information content (AvgIpc) is 2.48. The number of carbonyl (C=O) groups excluding carboxylic acids is 1. The maximum absolute atomic E-state index is 12.1. The number of hydrogen-bond donors (Lipinski definition) is 0. The lowest BCUT2D eigenvalue weighted by atomic mass is 9.93. The molecule has 0 N–H and O–H groups in total. The maximum atomic E-state index is 12.1. The SMILES string of the molecule is COc1ccc(C(C)CC(=O)c2ccccc2)cc1. The van der Waals surface area contributed by atoms with Gasteiger partial charge in [0.05, 0.1) is 7.11 Å². The Kier molecular flexibility index (Phi) is 4.35. The summed E-state index contributed by atoms with van der Waals surface area (Å²) < 4.78 is 5.13. The molecule has 0 radical (unpaired) electrons. The Labute approximate surface area is 114 Å². The highest BCUT2D eigenvalue weighted by Gasteiger charge is 2.12. The molecule has 2 aromatic rings. The van der Waals surface area contributed by atoms with Crippen molar-refractivity contribution < 1.29 is 9.53 Å². The molecule has 98 valence electrons. The molecular weight excluding hydrogens is 236 g/mol. The van der Waals surface area contributed by atoms with Gasteiger partial charge in [-0.3, -0.25) is 4.79 Å². The summed E-state index contributed by atoms with van der Waals surface area (Å²) in [7, 11) is 1.65. The van der Waals surface area contributed by atoms with Crippen LogP contribution in [0.1, 0.15) is 35.2 Å². The van der Waals surface area contributed by atoms with Crippen LogP contribution in [0.5, 0.6) is 5.75 Å². The molecule has 0 aliphatic carbocycles. The molecule has 1 atom stereocenters. The lowest BCUT2D eigenvalue weighted by Crippen LogP contribution is -2.04. The van der Waals surface area contributed by atoms with E-state index >= 15 is 0 Å². The fraction of sp³-hybridized carbons (Fsp3) is 0.235. The molecule has 19 heavy (non-hydrogen) atoms. The van der Waals surface area contributed by atoms with Crippen molar-refractivity contribution in [2.75, 3.05) is 7.11 Å². The van der Waals surface area contributed by atoms with Crippen molar-refractivity contribution in [2.24, 2.45) is 0 Å². The van der Waals surface area contributed by atoms with Crippen molar-refractivity contribution in [2.45, 2.75) is 19.3 Å². The van der Waals surface area contributed by atoms with E-state index < -0.39 is 0 Å². The van der Waals surface area contributed by atoms with E-state index in [0.717, 1.165) is 16.9 Å². The molecule has 0 spiro atoms. The van der Waals surface area contributed by atoms with Crippen molar-refractivity contribution in [3.63, 3.8) is 0 Å². The van der Waals surface area contributed by atoms with E-state index in [2.05, 4.69) is 6.92 Å². The van der Waals surface area contributed by atoms with Crippen LogP contribution in [0.3, 0.4) is 0 Å². The Balaban J connectivity index is 2.04. The molecular formula is C17H18O2. The lowest BCUT2D eigenvalue weighted by Gasteiger charge is -2.11. The first-order chi connectivity index (χ1) is 9.20. The quantitative estimate of drug-likeness (QED) is 0.752.